The molecule has 0 radical (unpaired) electrons. The summed E-state index contributed by atoms with van der Waals surface area (Å²) in [6.07, 6.45) is 7.53. The average Bonchev–Trinajstić information content (AvgIpc) is 2.36. The molecule has 4 heteroatoms. The summed E-state index contributed by atoms with van der Waals surface area (Å²) < 4.78 is 5.15. The Morgan fingerprint density at radius 1 is 1.28 bits per heavy atom. The number of carbonyl (C=O) groups excluding carboxylic acids is 1. The number of aromatic nitrogens is 1. The molecular formula is C14H22N2O2. The van der Waals surface area contributed by atoms with Crippen LogP contribution in [-0.4, -0.2) is 17.6 Å². The van der Waals surface area contributed by atoms with Crippen LogP contribution < -0.4 is 5.73 Å². The van der Waals surface area contributed by atoms with Crippen LogP contribution in [0.3, 0.4) is 0 Å². The molecule has 0 unspecified atom stereocenters. The van der Waals surface area contributed by atoms with Crippen molar-refractivity contribution in [3.8, 4) is 0 Å². The van der Waals surface area contributed by atoms with Gasteiger partial charge in [0.15, 0.2) is 0 Å². The smallest absolute Gasteiger partial charge is 0.311 e. The molecule has 2 N–H and O–H groups in total. The molecule has 0 aliphatic carbocycles. The molecular weight excluding hydrogens is 228 g/mol. The normalized spacial score (nSPS) is 10.3. The SMILES string of the molecule is CCCCCCCOC(=O)Cc1ccc(N)cn1. The molecule has 1 aromatic heterocycles. The zero-order chi connectivity index (χ0) is 13.2. The van der Waals surface area contributed by atoms with Gasteiger partial charge in [-0.2, -0.15) is 0 Å². The first-order valence-electron chi connectivity index (χ1n) is 6.58. The third kappa shape index (κ3) is 6.23. The second-order valence-electron chi connectivity index (χ2n) is 4.39. The van der Waals surface area contributed by atoms with Crippen molar-refractivity contribution in [2.75, 3.05) is 12.3 Å². The van der Waals surface area contributed by atoms with Crippen molar-refractivity contribution in [3.63, 3.8) is 0 Å². The number of pyridine rings is 1. The molecule has 100 valence electrons. The van der Waals surface area contributed by atoms with Crippen LogP contribution in [0.4, 0.5) is 5.69 Å². The summed E-state index contributed by atoms with van der Waals surface area (Å²) in [6, 6.07) is 3.48. The van der Waals surface area contributed by atoms with Crippen LogP contribution in [0.1, 0.15) is 44.7 Å². The van der Waals surface area contributed by atoms with Crippen molar-refractivity contribution in [3.05, 3.63) is 24.0 Å². The first kappa shape index (κ1) is 14.5. The topological polar surface area (TPSA) is 65.2 Å². The zero-order valence-corrected chi connectivity index (χ0v) is 11.0. The molecule has 0 spiro atoms. The molecule has 1 aromatic rings. The van der Waals surface area contributed by atoms with Gasteiger partial charge in [-0.15, -0.1) is 0 Å². The molecule has 0 saturated heterocycles. The number of nitrogens with zero attached hydrogens (tertiary/aromatic N) is 1. The Labute approximate surface area is 109 Å². The number of hydrogen-bond acceptors (Lipinski definition) is 4. The van der Waals surface area contributed by atoms with E-state index in [4.69, 9.17) is 10.5 Å². The Morgan fingerprint density at radius 2 is 2.06 bits per heavy atom. The first-order valence-corrected chi connectivity index (χ1v) is 6.58. The van der Waals surface area contributed by atoms with Gasteiger partial charge in [-0.25, -0.2) is 0 Å². The predicted octanol–water partition coefficient (Wildman–Crippen LogP) is 2.72. The number of hydrogen-bond donors (Lipinski definition) is 1. The average molecular weight is 250 g/mol. The number of nitrogens with two attached hydrogens (primary N) is 1. The van der Waals surface area contributed by atoms with E-state index in [2.05, 4.69) is 11.9 Å². The molecule has 0 aliphatic heterocycles. The van der Waals surface area contributed by atoms with Gasteiger partial charge in [0.05, 0.1) is 30.6 Å². The van der Waals surface area contributed by atoms with Crippen molar-refractivity contribution in [2.24, 2.45) is 0 Å². The molecule has 0 amide bonds. The van der Waals surface area contributed by atoms with E-state index < -0.39 is 0 Å². The van der Waals surface area contributed by atoms with E-state index in [1.54, 1.807) is 18.3 Å². The second kappa shape index (κ2) is 8.50. The van der Waals surface area contributed by atoms with Gasteiger partial charge < -0.3 is 10.5 Å². The summed E-state index contributed by atoms with van der Waals surface area (Å²) in [5, 5.41) is 0. The Bertz CT molecular complexity index is 349. The minimum absolute atomic E-state index is 0.217. The van der Waals surface area contributed by atoms with Crippen LogP contribution in [0.5, 0.6) is 0 Å². The van der Waals surface area contributed by atoms with E-state index in [1.165, 1.54) is 19.3 Å². The predicted molar refractivity (Wildman–Crippen MR) is 72.1 cm³/mol. The number of unbranched alkanes of at least 4 members (excludes halogenated alkanes) is 4. The highest BCUT2D eigenvalue weighted by Crippen LogP contribution is 2.05. The van der Waals surface area contributed by atoms with E-state index in [0.29, 0.717) is 18.0 Å². The number of ether oxygens (including phenoxy) is 1. The fourth-order valence-electron chi connectivity index (χ4n) is 1.63. The van der Waals surface area contributed by atoms with Crippen molar-refractivity contribution in [1.82, 2.24) is 4.98 Å². The maximum absolute atomic E-state index is 11.5. The van der Waals surface area contributed by atoms with E-state index >= 15 is 0 Å². The summed E-state index contributed by atoms with van der Waals surface area (Å²) in [4.78, 5) is 15.6. The van der Waals surface area contributed by atoms with Crippen molar-refractivity contribution in [2.45, 2.75) is 45.4 Å². The molecule has 0 aliphatic rings. The van der Waals surface area contributed by atoms with Crippen LogP contribution in [0.15, 0.2) is 18.3 Å². The highest BCUT2D eigenvalue weighted by molar-refractivity contribution is 5.72. The van der Waals surface area contributed by atoms with Gasteiger partial charge in [-0.1, -0.05) is 32.6 Å². The number of anilines is 1. The highest BCUT2D eigenvalue weighted by atomic mass is 16.5. The van der Waals surface area contributed by atoms with Gasteiger partial charge in [-0.05, 0) is 18.6 Å². The van der Waals surface area contributed by atoms with Gasteiger partial charge in [-0.3, -0.25) is 9.78 Å². The van der Waals surface area contributed by atoms with Crippen LogP contribution >= 0.6 is 0 Å². The first-order chi connectivity index (χ1) is 8.72. The highest BCUT2D eigenvalue weighted by Gasteiger charge is 2.05. The van der Waals surface area contributed by atoms with Gasteiger partial charge in [0.25, 0.3) is 0 Å². The third-order valence-electron chi connectivity index (χ3n) is 2.68. The van der Waals surface area contributed by atoms with Crippen molar-refractivity contribution >= 4 is 11.7 Å². The molecule has 4 nitrogen and oxygen atoms in total. The van der Waals surface area contributed by atoms with E-state index in [-0.39, 0.29) is 12.4 Å². The fraction of sp³-hybridized carbons (Fsp3) is 0.571. The van der Waals surface area contributed by atoms with Gasteiger partial charge in [0.1, 0.15) is 0 Å². The largest absolute Gasteiger partial charge is 0.465 e. The minimum atomic E-state index is -0.220. The Morgan fingerprint density at radius 3 is 2.72 bits per heavy atom. The van der Waals surface area contributed by atoms with Gasteiger partial charge in [0.2, 0.25) is 0 Å². The van der Waals surface area contributed by atoms with E-state index in [0.717, 1.165) is 12.8 Å². The maximum atomic E-state index is 11.5. The van der Waals surface area contributed by atoms with Gasteiger partial charge in [0, 0.05) is 0 Å². The number of rotatable bonds is 8. The number of nitrogen functional groups attached to an aromatic ring is 1. The van der Waals surface area contributed by atoms with Crippen LogP contribution in [0.2, 0.25) is 0 Å². The summed E-state index contributed by atoms with van der Waals surface area (Å²) in [5.74, 6) is -0.220. The molecule has 0 bridgehead atoms. The monoisotopic (exact) mass is 250 g/mol. The Hall–Kier alpha value is -1.58. The molecule has 18 heavy (non-hydrogen) atoms. The standard InChI is InChI=1S/C14H22N2O2/c1-2-3-4-5-6-9-18-14(17)10-13-8-7-12(15)11-16-13/h7-8,11H,2-6,9-10,15H2,1H3. The lowest BCUT2D eigenvalue weighted by Gasteiger charge is -2.04. The summed E-state index contributed by atoms with van der Waals surface area (Å²) in [7, 11) is 0. The second-order valence-corrected chi connectivity index (χ2v) is 4.39. The lowest BCUT2D eigenvalue weighted by Crippen LogP contribution is -2.10. The van der Waals surface area contributed by atoms with Crippen molar-refractivity contribution in [1.29, 1.82) is 0 Å². The van der Waals surface area contributed by atoms with Gasteiger partial charge >= 0.3 is 5.97 Å². The number of esters is 1. The van der Waals surface area contributed by atoms with E-state index in [9.17, 15) is 4.79 Å². The molecule has 1 rings (SSSR count). The lowest BCUT2D eigenvalue weighted by atomic mass is 10.2. The number of carbonyl (C=O) groups is 1. The molecule has 1 heterocycles. The molecule has 0 aromatic carbocycles. The lowest BCUT2D eigenvalue weighted by molar-refractivity contribution is -0.143. The van der Waals surface area contributed by atoms with Crippen molar-refractivity contribution < 1.29 is 9.53 Å². The maximum Gasteiger partial charge on any atom is 0.311 e. The van der Waals surface area contributed by atoms with E-state index in [1.807, 2.05) is 0 Å². The van der Waals surface area contributed by atoms with Crippen LogP contribution in [0.25, 0.3) is 0 Å². The Balaban J connectivity index is 2.12. The molecule has 0 fully saturated rings. The summed E-state index contributed by atoms with van der Waals surface area (Å²) in [6.45, 7) is 2.69. The quantitative estimate of drug-likeness (QED) is 0.569. The fourth-order valence-corrected chi connectivity index (χ4v) is 1.63. The minimum Gasteiger partial charge on any atom is -0.465 e. The summed E-state index contributed by atoms with van der Waals surface area (Å²) in [5.41, 5.74) is 6.81. The molecule has 0 saturated carbocycles. The third-order valence-corrected chi connectivity index (χ3v) is 2.68. The van der Waals surface area contributed by atoms with Crippen LogP contribution in [-0.2, 0) is 16.0 Å². The Kier molecular flexibility index (Phi) is 6.84. The molecule has 0 atom stereocenters. The summed E-state index contributed by atoms with van der Waals surface area (Å²) >= 11 is 0. The zero-order valence-electron chi connectivity index (χ0n) is 11.0. The van der Waals surface area contributed by atoms with Crippen LogP contribution in [0, 0.1) is 0 Å².